The molecule has 1 unspecified atom stereocenters. The van der Waals surface area contributed by atoms with Crippen molar-refractivity contribution in [2.45, 2.75) is 24.9 Å². The molecule has 0 spiro atoms. The third-order valence-corrected chi connectivity index (χ3v) is 6.78. The molecule has 1 aromatic heterocycles. The van der Waals surface area contributed by atoms with Gasteiger partial charge in [0.15, 0.2) is 6.29 Å². The van der Waals surface area contributed by atoms with Crippen molar-refractivity contribution < 1.29 is 14.3 Å². The highest BCUT2D eigenvalue weighted by molar-refractivity contribution is 7.99. The number of likely N-dealkylation sites (tertiary alicyclic amines) is 1. The van der Waals surface area contributed by atoms with Crippen LogP contribution in [0.1, 0.15) is 17.8 Å². The zero-order chi connectivity index (χ0) is 17.1. The summed E-state index contributed by atoms with van der Waals surface area (Å²) < 4.78 is 12.4. The predicted molar refractivity (Wildman–Crippen MR) is 101 cm³/mol. The van der Waals surface area contributed by atoms with Crippen LogP contribution in [0.5, 0.6) is 0 Å². The average Bonchev–Trinajstić information content (AvgIpc) is 3.31. The molecule has 2 aliphatic heterocycles. The lowest BCUT2D eigenvalue weighted by Crippen LogP contribution is -2.44. The van der Waals surface area contributed by atoms with Crippen LogP contribution < -0.4 is 0 Å². The second-order valence-electron chi connectivity index (χ2n) is 6.42. The number of nitrogens with zero attached hydrogens (tertiary/aromatic N) is 2. The molecule has 0 radical (unpaired) electrons. The van der Waals surface area contributed by atoms with Crippen LogP contribution in [0.2, 0.25) is 0 Å². The van der Waals surface area contributed by atoms with Crippen molar-refractivity contribution in [1.29, 1.82) is 0 Å². The van der Waals surface area contributed by atoms with Crippen molar-refractivity contribution in [2.24, 2.45) is 5.92 Å². The van der Waals surface area contributed by atoms with Gasteiger partial charge in [-0.25, -0.2) is 4.98 Å². The summed E-state index contributed by atoms with van der Waals surface area (Å²) in [5.41, 5.74) is 1.05. The van der Waals surface area contributed by atoms with Crippen LogP contribution in [0.15, 0.2) is 24.3 Å². The first-order chi connectivity index (χ1) is 12.3. The van der Waals surface area contributed by atoms with Gasteiger partial charge in [0.1, 0.15) is 5.01 Å². The number of para-hydroxylation sites is 1. The highest BCUT2D eigenvalue weighted by atomic mass is 32.2. The first-order valence-electron chi connectivity index (χ1n) is 8.73. The number of carbonyl (C=O) groups is 1. The second kappa shape index (κ2) is 8.03. The van der Waals surface area contributed by atoms with Gasteiger partial charge >= 0.3 is 0 Å². The van der Waals surface area contributed by atoms with Crippen molar-refractivity contribution in [3.63, 3.8) is 0 Å². The molecule has 0 aliphatic carbocycles. The van der Waals surface area contributed by atoms with E-state index in [0.29, 0.717) is 24.9 Å². The Balaban J connectivity index is 1.26. The van der Waals surface area contributed by atoms with Crippen LogP contribution in [0.4, 0.5) is 0 Å². The van der Waals surface area contributed by atoms with Crippen molar-refractivity contribution in [1.82, 2.24) is 9.88 Å². The Morgan fingerprint density at radius 2 is 2.16 bits per heavy atom. The van der Waals surface area contributed by atoms with Crippen LogP contribution in [0.3, 0.4) is 0 Å². The Kier molecular flexibility index (Phi) is 5.55. The molecule has 0 bridgehead atoms. The number of thioether (sulfide) groups is 1. The summed E-state index contributed by atoms with van der Waals surface area (Å²) in [6.45, 7) is 2.95. The lowest BCUT2D eigenvalue weighted by molar-refractivity contribution is -0.136. The molecule has 2 aliphatic rings. The minimum atomic E-state index is -0.119. The summed E-state index contributed by atoms with van der Waals surface area (Å²) in [4.78, 5) is 19.1. The van der Waals surface area contributed by atoms with E-state index < -0.39 is 0 Å². The van der Waals surface area contributed by atoms with E-state index in [2.05, 4.69) is 11.1 Å². The van der Waals surface area contributed by atoms with E-state index in [4.69, 9.17) is 9.47 Å². The van der Waals surface area contributed by atoms with Gasteiger partial charge in [0.2, 0.25) is 5.91 Å². The van der Waals surface area contributed by atoms with E-state index in [0.717, 1.165) is 42.2 Å². The summed E-state index contributed by atoms with van der Waals surface area (Å²) in [6, 6.07) is 8.16. The number of thiazole rings is 1. The molecule has 2 saturated heterocycles. The topological polar surface area (TPSA) is 51.7 Å². The summed E-state index contributed by atoms with van der Waals surface area (Å²) in [6.07, 6.45) is 1.99. The van der Waals surface area contributed by atoms with Crippen molar-refractivity contribution in [3.05, 3.63) is 29.3 Å². The molecule has 7 heteroatoms. The molecule has 134 valence electrons. The van der Waals surface area contributed by atoms with E-state index >= 15 is 0 Å². The fourth-order valence-electron chi connectivity index (χ4n) is 3.41. The summed E-state index contributed by atoms with van der Waals surface area (Å²) in [5, 5.41) is 1.09. The zero-order valence-corrected chi connectivity index (χ0v) is 15.7. The molecule has 4 rings (SSSR count). The molecular formula is C18H22N2O3S2. The Morgan fingerprint density at radius 1 is 1.32 bits per heavy atom. The van der Waals surface area contributed by atoms with Gasteiger partial charge in [-0.1, -0.05) is 12.1 Å². The van der Waals surface area contributed by atoms with Crippen LogP contribution in [0, 0.1) is 5.92 Å². The number of hydrogen-bond donors (Lipinski definition) is 0. The van der Waals surface area contributed by atoms with E-state index in [9.17, 15) is 4.79 Å². The molecule has 0 saturated carbocycles. The van der Waals surface area contributed by atoms with Crippen LogP contribution in [0.25, 0.3) is 10.2 Å². The van der Waals surface area contributed by atoms with Crippen LogP contribution in [-0.4, -0.2) is 54.1 Å². The van der Waals surface area contributed by atoms with Gasteiger partial charge < -0.3 is 14.4 Å². The van der Waals surface area contributed by atoms with Crippen molar-refractivity contribution in [2.75, 3.05) is 32.1 Å². The molecule has 1 amide bonds. The number of hydrogen-bond acceptors (Lipinski definition) is 6. The number of rotatable bonds is 5. The summed E-state index contributed by atoms with van der Waals surface area (Å²) >= 11 is 3.36. The van der Waals surface area contributed by atoms with Gasteiger partial charge in [-0.2, -0.15) is 0 Å². The number of piperidine rings is 1. The van der Waals surface area contributed by atoms with Gasteiger partial charge in [0.05, 0.1) is 29.2 Å². The molecule has 3 heterocycles. The first kappa shape index (κ1) is 17.3. The lowest BCUT2D eigenvalue weighted by Gasteiger charge is -2.34. The van der Waals surface area contributed by atoms with E-state index in [1.807, 2.05) is 23.1 Å². The number of carbonyl (C=O) groups excluding carboxylic acids is 1. The quantitative estimate of drug-likeness (QED) is 0.800. The Labute approximate surface area is 155 Å². The molecule has 5 nitrogen and oxygen atoms in total. The minimum absolute atomic E-state index is 0.119. The maximum absolute atomic E-state index is 12.5. The second-order valence-corrected chi connectivity index (χ2v) is 8.52. The molecular weight excluding hydrogens is 356 g/mol. The number of amides is 1. The number of fused-ring (bicyclic) bond motifs is 1. The fourth-order valence-corrected chi connectivity index (χ4v) is 5.35. The van der Waals surface area contributed by atoms with Crippen LogP contribution in [-0.2, 0) is 20.0 Å². The largest absolute Gasteiger partial charge is 0.350 e. The average molecular weight is 379 g/mol. The standard InChI is InChI=1S/C18H22N2O3S2/c21-17(20-7-3-4-13(10-20)18-22-8-9-23-18)12-24-11-16-19-14-5-1-2-6-15(14)25-16/h1-2,5-6,13,18H,3-4,7-12H2. The Bertz CT molecular complexity index is 697. The van der Waals surface area contributed by atoms with E-state index in [1.165, 1.54) is 4.70 Å². The Hall–Kier alpha value is -1.15. The number of benzene rings is 1. The Morgan fingerprint density at radius 3 is 3.00 bits per heavy atom. The number of aromatic nitrogens is 1. The van der Waals surface area contributed by atoms with Gasteiger partial charge in [0, 0.05) is 24.8 Å². The summed E-state index contributed by atoms with van der Waals surface area (Å²) in [7, 11) is 0. The molecule has 0 N–H and O–H groups in total. The lowest BCUT2D eigenvalue weighted by atomic mass is 9.97. The van der Waals surface area contributed by atoms with Gasteiger partial charge in [-0.3, -0.25) is 4.79 Å². The van der Waals surface area contributed by atoms with Crippen molar-refractivity contribution >= 4 is 39.2 Å². The zero-order valence-electron chi connectivity index (χ0n) is 14.1. The molecule has 2 aromatic rings. The van der Waals surface area contributed by atoms with Crippen LogP contribution >= 0.6 is 23.1 Å². The molecule has 2 fully saturated rings. The first-order valence-corrected chi connectivity index (χ1v) is 10.7. The van der Waals surface area contributed by atoms with Gasteiger partial charge in [-0.05, 0) is 25.0 Å². The third-order valence-electron chi connectivity index (χ3n) is 4.63. The summed E-state index contributed by atoms with van der Waals surface area (Å²) in [5.74, 6) is 1.83. The van der Waals surface area contributed by atoms with Gasteiger partial charge in [-0.15, -0.1) is 23.1 Å². The molecule has 1 aromatic carbocycles. The monoisotopic (exact) mass is 378 g/mol. The fraction of sp³-hybridized carbons (Fsp3) is 0.556. The van der Waals surface area contributed by atoms with E-state index in [1.54, 1.807) is 23.1 Å². The third kappa shape index (κ3) is 4.16. The smallest absolute Gasteiger partial charge is 0.232 e. The molecule has 1 atom stereocenters. The van der Waals surface area contributed by atoms with Crippen molar-refractivity contribution in [3.8, 4) is 0 Å². The van der Waals surface area contributed by atoms with E-state index in [-0.39, 0.29) is 12.2 Å². The molecule has 25 heavy (non-hydrogen) atoms. The predicted octanol–water partition coefficient (Wildman–Crippen LogP) is 3.14. The SMILES string of the molecule is O=C(CSCc1nc2ccccc2s1)N1CCCC(C2OCCO2)C1. The highest BCUT2D eigenvalue weighted by Crippen LogP contribution is 2.27. The maximum atomic E-state index is 12.5. The minimum Gasteiger partial charge on any atom is -0.350 e. The number of ether oxygens (including phenoxy) is 2. The highest BCUT2D eigenvalue weighted by Gasteiger charge is 2.32. The normalized spacial score (nSPS) is 21.9. The maximum Gasteiger partial charge on any atom is 0.232 e. The van der Waals surface area contributed by atoms with Gasteiger partial charge in [0.25, 0.3) is 0 Å².